The minimum atomic E-state index is -0.801. The molecule has 0 saturated heterocycles. The van der Waals surface area contributed by atoms with E-state index in [1.165, 1.54) is 6.07 Å². The molecule has 0 saturated carbocycles. The lowest BCUT2D eigenvalue weighted by Gasteiger charge is -2.19. The second-order valence-corrected chi connectivity index (χ2v) is 7.74. The summed E-state index contributed by atoms with van der Waals surface area (Å²) < 4.78 is 4.99. The minimum Gasteiger partial charge on any atom is -0.444 e. The zero-order valence-corrected chi connectivity index (χ0v) is 17.7. The van der Waals surface area contributed by atoms with Gasteiger partial charge in [-0.3, -0.25) is 34.2 Å². The number of nitro groups is 1. The number of benzene rings is 1. The van der Waals surface area contributed by atoms with E-state index in [4.69, 9.17) is 4.74 Å². The molecule has 0 unspecified atom stereocenters. The van der Waals surface area contributed by atoms with Crippen molar-refractivity contribution in [2.75, 3.05) is 26.2 Å². The molecule has 172 valence electrons. The second-order valence-electron chi connectivity index (χ2n) is 7.74. The van der Waals surface area contributed by atoms with Crippen LogP contribution in [0.15, 0.2) is 18.2 Å². The van der Waals surface area contributed by atoms with Crippen molar-refractivity contribution in [3.63, 3.8) is 0 Å². The predicted octanol–water partition coefficient (Wildman–Crippen LogP) is -0.0521. The SMILES string of the molecule is CC(C)(C)OC(=O)NCC(=O)NCCNC(=O)CN1C(=O)c2ccc([N+](=O)[O-])cc2C1=O. The van der Waals surface area contributed by atoms with Crippen LogP contribution in [0, 0.1) is 10.1 Å². The molecule has 0 atom stereocenters. The molecule has 0 aromatic heterocycles. The van der Waals surface area contributed by atoms with Gasteiger partial charge in [0.25, 0.3) is 17.5 Å². The highest BCUT2D eigenvalue weighted by atomic mass is 16.6. The number of hydrogen-bond donors (Lipinski definition) is 3. The molecule has 1 aromatic rings. The molecule has 13 heteroatoms. The Morgan fingerprint density at radius 2 is 1.59 bits per heavy atom. The van der Waals surface area contributed by atoms with Crippen molar-refractivity contribution in [1.82, 2.24) is 20.9 Å². The highest BCUT2D eigenvalue weighted by Gasteiger charge is 2.37. The number of non-ortho nitro benzene ring substituents is 1. The zero-order chi connectivity index (χ0) is 24.1. The molecule has 5 amide bonds. The van der Waals surface area contributed by atoms with Gasteiger partial charge < -0.3 is 20.7 Å². The van der Waals surface area contributed by atoms with E-state index in [1.54, 1.807) is 20.8 Å². The van der Waals surface area contributed by atoms with Crippen LogP contribution in [0.2, 0.25) is 0 Å². The van der Waals surface area contributed by atoms with E-state index in [0.29, 0.717) is 4.90 Å². The number of nitrogens with one attached hydrogen (secondary N) is 3. The van der Waals surface area contributed by atoms with E-state index in [-0.39, 0.29) is 36.4 Å². The first-order chi connectivity index (χ1) is 14.9. The van der Waals surface area contributed by atoms with Crippen molar-refractivity contribution < 1.29 is 33.6 Å². The fraction of sp³-hybridized carbons (Fsp3) is 0.421. The molecule has 0 aliphatic carbocycles. The number of rotatable bonds is 8. The van der Waals surface area contributed by atoms with Crippen LogP contribution in [0.1, 0.15) is 41.5 Å². The molecule has 1 aromatic carbocycles. The van der Waals surface area contributed by atoms with E-state index < -0.39 is 46.8 Å². The van der Waals surface area contributed by atoms with Crippen molar-refractivity contribution in [3.8, 4) is 0 Å². The summed E-state index contributed by atoms with van der Waals surface area (Å²) in [6, 6.07) is 3.27. The number of fused-ring (bicyclic) bond motifs is 1. The Hall–Kier alpha value is -4.03. The Morgan fingerprint density at radius 1 is 1.00 bits per heavy atom. The lowest BCUT2D eigenvalue weighted by atomic mass is 10.1. The van der Waals surface area contributed by atoms with Crippen LogP contribution in [0.5, 0.6) is 0 Å². The van der Waals surface area contributed by atoms with Gasteiger partial charge in [-0.15, -0.1) is 0 Å². The highest BCUT2D eigenvalue weighted by Crippen LogP contribution is 2.26. The van der Waals surface area contributed by atoms with Gasteiger partial charge in [0.15, 0.2) is 0 Å². The number of imide groups is 1. The summed E-state index contributed by atoms with van der Waals surface area (Å²) in [5.41, 5.74) is -1.19. The molecule has 13 nitrogen and oxygen atoms in total. The van der Waals surface area contributed by atoms with Gasteiger partial charge in [0.1, 0.15) is 12.1 Å². The van der Waals surface area contributed by atoms with Gasteiger partial charge >= 0.3 is 6.09 Å². The van der Waals surface area contributed by atoms with Crippen LogP contribution in [0.3, 0.4) is 0 Å². The number of amides is 5. The first-order valence-electron chi connectivity index (χ1n) is 9.54. The van der Waals surface area contributed by atoms with Gasteiger partial charge in [-0.1, -0.05) is 0 Å². The third-order valence-electron chi connectivity index (χ3n) is 4.03. The van der Waals surface area contributed by atoms with Crippen LogP contribution >= 0.6 is 0 Å². The van der Waals surface area contributed by atoms with Crippen LogP contribution < -0.4 is 16.0 Å². The topological polar surface area (TPSA) is 177 Å². The summed E-state index contributed by atoms with van der Waals surface area (Å²) in [4.78, 5) is 70.7. The molecular formula is C19H23N5O8. The molecule has 1 heterocycles. The molecule has 0 bridgehead atoms. The predicted molar refractivity (Wildman–Crippen MR) is 109 cm³/mol. The Kier molecular flexibility index (Phi) is 7.46. The number of carbonyl (C=O) groups is 5. The fourth-order valence-corrected chi connectivity index (χ4v) is 2.67. The Balaban J connectivity index is 1.74. The molecule has 0 spiro atoms. The maximum atomic E-state index is 12.4. The Bertz CT molecular complexity index is 969. The number of ether oxygens (including phenoxy) is 1. The van der Waals surface area contributed by atoms with E-state index in [0.717, 1.165) is 12.1 Å². The second kappa shape index (κ2) is 9.85. The van der Waals surface area contributed by atoms with Gasteiger partial charge in [0, 0.05) is 25.2 Å². The van der Waals surface area contributed by atoms with Crippen molar-refractivity contribution in [2.24, 2.45) is 0 Å². The number of alkyl carbamates (subject to hydrolysis) is 1. The Labute approximate surface area is 182 Å². The van der Waals surface area contributed by atoms with Crippen LogP contribution in [-0.4, -0.2) is 71.3 Å². The van der Waals surface area contributed by atoms with E-state index in [1.807, 2.05) is 0 Å². The smallest absolute Gasteiger partial charge is 0.408 e. The average molecular weight is 449 g/mol. The molecule has 1 aliphatic heterocycles. The average Bonchev–Trinajstić information content (AvgIpc) is 2.92. The summed E-state index contributed by atoms with van der Waals surface area (Å²) in [6.45, 7) is 4.20. The van der Waals surface area contributed by atoms with Gasteiger partial charge in [-0.05, 0) is 26.8 Å². The molecule has 0 fully saturated rings. The van der Waals surface area contributed by atoms with Gasteiger partial charge in [-0.2, -0.15) is 0 Å². The monoisotopic (exact) mass is 449 g/mol. The standard InChI is InChI=1S/C19H23N5O8/c1-19(2,3)32-18(29)22-9-14(25)20-6-7-21-15(26)10-23-16(27)12-5-4-11(24(30)31)8-13(12)17(23)28/h4-5,8H,6-7,9-10H2,1-3H3,(H,20,25)(H,21,26)(H,22,29). The van der Waals surface area contributed by atoms with Crippen LogP contribution in [0.4, 0.5) is 10.5 Å². The third kappa shape index (κ3) is 6.48. The number of hydrogen-bond acceptors (Lipinski definition) is 8. The first kappa shape index (κ1) is 24.2. The lowest BCUT2D eigenvalue weighted by molar-refractivity contribution is -0.384. The van der Waals surface area contributed by atoms with Crippen molar-refractivity contribution in [3.05, 3.63) is 39.4 Å². The number of carbonyl (C=O) groups excluding carboxylic acids is 5. The molecular weight excluding hydrogens is 426 g/mol. The summed E-state index contributed by atoms with van der Waals surface area (Å²) in [7, 11) is 0. The molecule has 1 aliphatic rings. The molecule has 32 heavy (non-hydrogen) atoms. The third-order valence-corrected chi connectivity index (χ3v) is 4.03. The maximum Gasteiger partial charge on any atom is 0.408 e. The maximum absolute atomic E-state index is 12.4. The highest BCUT2D eigenvalue weighted by molar-refractivity contribution is 6.22. The minimum absolute atomic E-state index is 0.00561. The van der Waals surface area contributed by atoms with Gasteiger partial charge in [0.2, 0.25) is 11.8 Å². The van der Waals surface area contributed by atoms with Crippen molar-refractivity contribution in [1.29, 1.82) is 0 Å². The summed E-state index contributed by atoms with van der Waals surface area (Å²) in [6.07, 6.45) is -0.743. The summed E-state index contributed by atoms with van der Waals surface area (Å²) >= 11 is 0. The van der Waals surface area contributed by atoms with E-state index in [9.17, 15) is 34.1 Å². The number of nitro benzene ring substituents is 1. The van der Waals surface area contributed by atoms with Crippen molar-refractivity contribution >= 4 is 35.4 Å². The van der Waals surface area contributed by atoms with Crippen LogP contribution in [-0.2, 0) is 14.3 Å². The fourth-order valence-electron chi connectivity index (χ4n) is 2.67. The van der Waals surface area contributed by atoms with Gasteiger partial charge in [-0.25, -0.2) is 4.79 Å². The van der Waals surface area contributed by atoms with Gasteiger partial charge in [0.05, 0.1) is 22.6 Å². The first-order valence-corrected chi connectivity index (χ1v) is 9.54. The van der Waals surface area contributed by atoms with E-state index in [2.05, 4.69) is 16.0 Å². The summed E-state index contributed by atoms with van der Waals surface area (Å²) in [5, 5.41) is 18.0. The number of nitrogens with zero attached hydrogens (tertiary/aromatic N) is 2. The largest absolute Gasteiger partial charge is 0.444 e. The molecule has 2 rings (SSSR count). The van der Waals surface area contributed by atoms with Crippen LogP contribution in [0.25, 0.3) is 0 Å². The van der Waals surface area contributed by atoms with Crippen molar-refractivity contribution in [2.45, 2.75) is 26.4 Å². The summed E-state index contributed by atoms with van der Waals surface area (Å²) in [5.74, 6) is -2.69. The zero-order valence-electron chi connectivity index (χ0n) is 17.7. The molecule has 0 radical (unpaired) electrons. The molecule has 3 N–H and O–H groups in total. The quantitative estimate of drug-likeness (QED) is 0.214. The normalized spacial score (nSPS) is 12.8. The lowest BCUT2D eigenvalue weighted by Crippen LogP contribution is -2.44. The Morgan fingerprint density at radius 3 is 2.19 bits per heavy atom. The van der Waals surface area contributed by atoms with E-state index >= 15 is 0 Å².